The number of nitrogens with zero attached hydrogens (tertiary/aromatic N) is 4. The molecule has 0 radical (unpaired) electrons. The molecular formula is C27H27N5OS. The Morgan fingerprint density at radius 3 is 2.47 bits per heavy atom. The van der Waals surface area contributed by atoms with E-state index in [0.29, 0.717) is 5.11 Å². The van der Waals surface area contributed by atoms with E-state index in [4.69, 9.17) is 17.0 Å². The Balaban J connectivity index is 1.64. The van der Waals surface area contributed by atoms with Gasteiger partial charge in [0.15, 0.2) is 5.11 Å². The van der Waals surface area contributed by atoms with E-state index in [0.717, 1.165) is 34.2 Å². The average Bonchev–Trinajstić information content (AvgIpc) is 3.49. The van der Waals surface area contributed by atoms with Gasteiger partial charge in [-0.1, -0.05) is 12.1 Å². The van der Waals surface area contributed by atoms with Gasteiger partial charge in [0.1, 0.15) is 11.8 Å². The fraction of sp³-hybridized carbons (Fsp3) is 0.185. The first kappa shape index (κ1) is 22.0. The molecule has 1 N–H and O–H groups in total. The summed E-state index contributed by atoms with van der Waals surface area (Å²) in [5.41, 5.74) is 5.25. The number of nitrogens with one attached hydrogen (secondary N) is 1. The van der Waals surface area contributed by atoms with Crippen LogP contribution in [0.15, 0.2) is 91.3 Å². The summed E-state index contributed by atoms with van der Waals surface area (Å²) in [4.78, 5) is 8.95. The lowest BCUT2D eigenvalue weighted by Gasteiger charge is -2.29. The summed E-state index contributed by atoms with van der Waals surface area (Å²) < 4.78 is 7.67. The normalized spacial score (nSPS) is 17.5. The Bertz CT molecular complexity index is 1290. The molecule has 0 aliphatic carbocycles. The lowest BCUT2D eigenvalue weighted by Crippen LogP contribution is -2.30. The van der Waals surface area contributed by atoms with Gasteiger partial charge >= 0.3 is 0 Å². The molecule has 0 saturated carbocycles. The number of hydrogen-bond acceptors (Lipinski definition) is 4. The van der Waals surface area contributed by atoms with Crippen molar-refractivity contribution in [3.8, 4) is 11.4 Å². The monoisotopic (exact) mass is 469 g/mol. The molecule has 6 nitrogen and oxygen atoms in total. The third kappa shape index (κ3) is 3.99. The van der Waals surface area contributed by atoms with E-state index < -0.39 is 0 Å². The minimum absolute atomic E-state index is 0.103. The summed E-state index contributed by atoms with van der Waals surface area (Å²) in [7, 11) is 5.77. The number of methoxy groups -OCH3 is 1. The van der Waals surface area contributed by atoms with E-state index in [1.165, 1.54) is 0 Å². The zero-order chi connectivity index (χ0) is 23.7. The van der Waals surface area contributed by atoms with Crippen LogP contribution in [-0.4, -0.2) is 35.9 Å². The molecule has 1 aliphatic rings. The molecule has 2 aromatic heterocycles. The first-order valence-corrected chi connectivity index (χ1v) is 11.6. The van der Waals surface area contributed by atoms with Gasteiger partial charge < -0.3 is 24.4 Å². The van der Waals surface area contributed by atoms with Gasteiger partial charge in [-0.3, -0.25) is 4.98 Å². The largest absolute Gasteiger partial charge is 0.497 e. The summed E-state index contributed by atoms with van der Waals surface area (Å²) in [6, 6.07) is 26.5. The second-order valence-corrected chi connectivity index (χ2v) is 8.80. The SMILES string of the molecule is COc1cccc(-n2cccc2[C@H]2[C@@H](c3ccccn3)NC(=S)N2c2ccc(N(C)C)cc2)c1. The Kier molecular flexibility index (Phi) is 5.94. The topological polar surface area (TPSA) is 45.6 Å². The predicted molar refractivity (Wildman–Crippen MR) is 141 cm³/mol. The zero-order valence-corrected chi connectivity index (χ0v) is 20.2. The van der Waals surface area contributed by atoms with Crippen LogP contribution in [0.5, 0.6) is 5.75 Å². The molecular weight excluding hydrogens is 442 g/mol. The highest BCUT2D eigenvalue weighted by Crippen LogP contribution is 2.42. The predicted octanol–water partition coefficient (Wildman–Crippen LogP) is 5.12. The van der Waals surface area contributed by atoms with Crippen LogP contribution in [0.4, 0.5) is 11.4 Å². The van der Waals surface area contributed by atoms with Gasteiger partial charge in [0.25, 0.3) is 0 Å². The molecule has 3 heterocycles. The highest BCUT2D eigenvalue weighted by molar-refractivity contribution is 7.80. The van der Waals surface area contributed by atoms with Crippen LogP contribution in [0, 0.1) is 0 Å². The Labute approximate surface area is 205 Å². The van der Waals surface area contributed by atoms with Gasteiger partial charge in [-0.25, -0.2) is 0 Å². The summed E-state index contributed by atoms with van der Waals surface area (Å²) in [6.07, 6.45) is 3.90. The van der Waals surface area contributed by atoms with Crippen LogP contribution in [0.25, 0.3) is 5.69 Å². The molecule has 1 aliphatic heterocycles. The number of hydrogen-bond donors (Lipinski definition) is 1. The average molecular weight is 470 g/mol. The minimum atomic E-state index is -0.110. The molecule has 0 spiro atoms. The van der Waals surface area contributed by atoms with Crippen LogP contribution >= 0.6 is 12.2 Å². The molecule has 1 fully saturated rings. The molecule has 0 unspecified atom stereocenters. The Morgan fingerprint density at radius 1 is 0.941 bits per heavy atom. The summed E-state index contributed by atoms with van der Waals surface area (Å²) in [5, 5.41) is 4.22. The molecule has 5 rings (SSSR count). The molecule has 7 heteroatoms. The Morgan fingerprint density at radius 2 is 1.76 bits per heavy atom. The van der Waals surface area contributed by atoms with Crippen LogP contribution in [0.1, 0.15) is 23.5 Å². The Hall–Kier alpha value is -3.84. The van der Waals surface area contributed by atoms with E-state index in [1.54, 1.807) is 7.11 Å². The standard InChI is InChI=1S/C27H27N5OS/c1-30(2)19-12-14-20(15-13-19)32-26(25(29-27(32)34)23-10-4-5-16-28-23)24-11-7-17-31(24)21-8-6-9-22(18-21)33-3/h4-18,25-26H,1-3H3,(H,29,34)/t25-,26+/m1/s1. The fourth-order valence-corrected chi connectivity index (χ4v) is 4.82. The quantitative estimate of drug-likeness (QED) is 0.395. The number of rotatable bonds is 6. The molecule has 2 atom stereocenters. The summed E-state index contributed by atoms with van der Waals surface area (Å²) in [5.74, 6) is 0.814. The third-order valence-corrected chi connectivity index (χ3v) is 6.47. The molecule has 0 bridgehead atoms. The van der Waals surface area contributed by atoms with Crippen molar-refractivity contribution in [1.82, 2.24) is 14.9 Å². The highest BCUT2D eigenvalue weighted by atomic mass is 32.1. The van der Waals surface area contributed by atoms with Crippen LogP contribution < -0.4 is 19.9 Å². The third-order valence-electron chi connectivity index (χ3n) is 6.16. The molecule has 1 saturated heterocycles. The van der Waals surface area contributed by atoms with E-state index in [-0.39, 0.29) is 12.1 Å². The maximum Gasteiger partial charge on any atom is 0.174 e. The van der Waals surface area contributed by atoms with Crippen molar-refractivity contribution >= 4 is 28.7 Å². The second-order valence-electron chi connectivity index (χ2n) is 8.41. The highest BCUT2D eigenvalue weighted by Gasteiger charge is 2.42. The zero-order valence-electron chi connectivity index (χ0n) is 19.4. The van der Waals surface area contributed by atoms with E-state index >= 15 is 0 Å². The van der Waals surface area contributed by atoms with E-state index in [9.17, 15) is 0 Å². The van der Waals surface area contributed by atoms with Crippen LogP contribution in [-0.2, 0) is 0 Å². The first-order chi connectivity index (χ1) is 16.6. The summed E-state index contributed by atoms with van der Waals surface area (Å²) >= 11 is 5.88. The van der Waals surface area contributed by atoms with Gasteiger partial charge in [-0.05, 0) is 72.9 Å². The van der Waals surface area contributed by atoms with Gasteiger partial charge in [0, 0.05) is 55.3 Å². The molecule has 2 aromatic carbocycles. The molecule has 34 heavy (non-hydrogen) atoms. The minimum Gasteiger partial charge on any atom is -0.497 e. The molecule has 172 valence electrons. The van der Waals surface area contributed by atoms with Crippen molar-refractivity contribution in [1.29, 1.82) is 0 Å². The number of anilines is 2. The van der Waals surface area contributed by atoms with Crippen molar-refractivity contribution < 1.29 is 4.74 Å². The van der Waals surface area contributed by atoms with Gasteiger partial charge in [-0.2, -0.15) is 0 Å². The lowest BCUT2D eigenvalue weighted by atomic mass is 10.0. The maximum atomic E-state index is 5.88. The molecule has 4 aromatic rings. The number of pyridine rings is 1. The van der Waals surface area contributed by atoms with Gasteiger partial charge in [0.2, 0.25) is 0 Å². The molecule has 0 amide bonds. The van der Waals surface area contributed by atoms with Crippen LogP contribution in [0.3, 0.4) is 0 Å². The van der Waals surface area contributed by atoms with Crippen LogP contribution in [0.2, 0.25) is 0 Å². The summed E-state index contributed by atoms with van der Waals surface area (Å²) in [6.45, 7) is 0. The smallest absolute Gasteiger partial charge is 0.174 e. The van der Waals surface area contributed by atoms with Gasteiger partial charge in [-0.15, -0.1) is 0 Å². The van der Waals surface area contributed by atoms with E-state index in [2.05, 4.69) is 73.3 Å². The van der Waals surface area contributed by atoms with Crippen molar-refractivity contribution in [3.05, 3.63) is 103 Å². The maximum absolute atomic E-state index is 5.88. The van der Waals surface area contributed by atoms with E-state index in [1.807, 2.05) is 56.7 Å². The first-order valence-electron chi connectivity index (χ1n) is 11.2. The van der Waals surface area contributed by atoms with Crippen molar-refractivity contribution in [3.63, 3.8) is 0 Å². The number of ether oxygens (including phenoxy) is 1. The number of benzene rings is 2. The second kappa shape index (κ2) is 9.19. The van der Waals surface area contributed by atoms with Crippen molar-refractivity contribution in [2.24, 2.45) is 0 Å². The lowest BCUT2D eigenvalue weighted by molar-refractivity contribution is 0.414. The van der Waals surface area contributed by atoms with Crippen molar-refractivity contribution in [2.45, 2.75) is 12.1 Å². The fourth-order valence-electron chi connectivity index (χ4n) is 4.48. The van der Waals surface area contributed by atoms with Crippen molar-refractivity contribution in [2.75, 3.05) is 31.0 Å². The number of aromatic nitrogens is 2. The number of thiocarbonyl (C=S) groups is 1. The van der Waals surface area contributed by atoms with Gasteiger partial charge in [0.05, 0.1) is 18.8 Å².